The number of nitrogens with one attached hydrogen (secondary N) is 1. The minimum absolute atomic E-state index is 0.0129. The summed E-state index contributed by atoms with van der Waals surface area (Å²) in [6, 6.07) is 13.3. The highest BCUT2D eigenvalue weighted by Crippen LogP contribution is 2.43. The Hall–Kier alpha value is -3.13. The maximum Gasteiger partial charge on any atom is 0.260 e. The van der Waals surface area contributed by atoms with Crippen LogP contribution in [-0.4, -0.2) is 56.4 Å². The zero-order valence-corrected chi connectivity index (χ0v) is 21.4. The van der Waals surface area contributed by atoms with Gasteiger partial charge in [-0.05, 0) is 49.1 Å². The monoisotopic (exact) mass is 496 g/mol. The van der Waals surface area contributed by atoms with Gasteiger partial charge in [0.05, 0.1) is 26.2 Å². The molecule has 186 valence electrons. The minimum atomic E-state index is -0.113. The number of nitrogens with zero attached hydrogens (tertiary/aromatic N) is 1. The van der Waals surface area contributed by atoms with Gasteiger partial charge >= 0.3 is 0 Å². The Morgan fingerprint density at radius 3 is 2.54 bits per heavy atom. The van der Waals surface area contributed by atoms with Gasteiger partial charge in [-0.15, -0.1) is 11.8 Å². The van der Waals surface area contributed by atoms with E-state index in [2.05, 4.69) is 5.32 Å². The van der Waals surface area contributed by atoms with Crippen LogP contribution in [0.3, 0.4) is 0 Å². The van der Waals surface area contributed by atoms with Crippen LogP contribution in [0, 0.1) is 5.92 Å². The summed E-state index contributed by atoms with van der Waals surface area (Å²) in [5.74, 6) is 1.95. The Morgan fingerprint density at radius 1 is 1.06 bits per heavy atom. The van der Waals surface area contributed by atoms with Crippen molar-refractivity contribution >= 4 is 29.7 Å². The quantitative estimate of drug-likeness (QED) is 0.582. The number of thioether (sulfide) groups is 1. The number of amides is 2. The highest BCUT2D eigenvalue weighted by Gasteiger charge is 2.42. The molecule has 7 nitrogen and oxygen atoms in total. The van der Waals surface area contributed by atoms with Crippen molar-refractivity contribution in [2.75, 3.05) is 28.4 Å². The van der Waals surface area contributed by atoms with Gasteiger partial charge in [-0.1, -0.05) is 24.3 Å². The predicted octanol–water partition coefficient (Wildman–Crippen LogP) is 4.11. The summed E-state index contributed by atoms with van der Waals surface area (Å²) in [7, 11) is 6.67. The molecular formula is C27H32N2O5S. The molecule has 8 heteroatoms. The minimum Gasteiger partial charge on any atom is -0.496 e. The number of hydrogen-bond donors (Lipinski definition) is 1. The number of rotatable bonds is 7. The molecule has 0 bridgehead atoms. The van der Waals surface area contributed by atoms with Gasteiger partial charge in [0.25, 0.3) is 5.91 Å². The molecule has 2 fully saturated rings. The van der Waals surface area contributed by atoms with Crippen LogP contribution in [0.5, 0.6) is 17.2 Å². The molecule has 2 amide bonds. The zero-order valence-electron chi connectivity index (χ0n) is 20.6. The number of carbonyl (C=O) groups is 2. The number of hydrogen-bond acceptors (Lipinski definition) is 6. The van der Waals surface area contributed by atoms with Crippen LogP contribution in [0.15, 0.2) is 47.4 Å². The Bertz CT molecular complexity index is 1120. The lowest BCUT2D eigenvalue weighted by atomic mass is 9.83. The van der Waals surface area contributed by atoms with E-state index in [1.54, 1.807) is 33.1 Å². The molecule has 2 aromatic carbocycles. The second-order valence-corrected chi connectivity index (χ2v) is 10.1. The summed E-state index contributed by atoms with van der Waals surface area (Å²) < 4.78 is 16.1. The fraction of sp³-hybridized carbons (Fsp3) is 0.407. The van der Waals surface area contributed by atoms with Crippen molar-refractivity contribution in [3.63, 3.8) is 0 Å². The number of ether oxygens (including phenoxy) is 3. The molecule has 0 aromatic heterocycles. The summed E-state index contributed by atoms with van der Waals surface area (Å²) in [5, 5.41) is 3.33. The lowest BCUT2D eigenvalue weighted by molar-refractivity contribution is -0.132. The number of methoxy groups -OCH3 is 3. The molecule has 1 N–H and O–H groups in total. The summed E-state index contributed by atoms with van der Waals surface area (Å²) in [5.41, 5.74) is 1.83. The van der Waals surface area contributed by atoms with Gasteiger partial charge in [0.1, 0.15) is 5.75 Å². The Balaban J connectivity index is 1.41. The van der Waals surface area contributed by atoms with Gasteiger partial charge in [0, 0.05) is 36.4 Å². The second-order valence-electron chi connectivity index (χ2n) is 8.80. The van der Waals surface area contributed by atoms with Crippen molar-refractivity contribution in [1.29, 1.82) is 0 Å². The van der Waals surface area contributed by atoms with E-state index >= 15 is 0 Å². The average molecular weight is 497 g/mol. The van der Waals surface area contributed by atoms with Crippen LogP contribution in [0.1, 0.15) is 30.4 Å². The first-order valence-corrected chi connectivity index (χ1v) is 12.6. The first kappa shape index (κ1) is 25.0. The van der Waals surface area contributed by atoms with E-state index in [9.17, 15) is 9.59 Å². The lowest BCUT2D eigenvalue weighted by Gasteiger charge is -2.44. The maximum absolute atomic E-state index is 13.2. The van der Waals surface area contributed by atoms with Gasteiger partial charge in [0.2, 0.25) is 5.91 Å². The lowest BCUT2D eigenvalue weighted by Crippen LogP contribution is -2.52. The van der Waals surface area contributed by atoms with E-state index in [1.807, 2.05) is 60.5 Å². The zero-order chi connectivity index (χ0) is 24.9. The predicted molar refractivity (Wildman–Crippen MR) is 138 cm³/mol. The molecule has 3 atom stereocenters. The smallest absolute Gasteiger partial charge is 0.260 e. The van der Waals surface area contributed by atoms with Crippen LogP contribution in [0.4, 0.5) is 0 Å². The molecule has 1 heterocycles. The van der Waals surface area contributed by atoms with E-state index in [0.29, 0.717) is 29.4 Å². The van der Waals surface area contributed by atoms with Crippen molar-refractivity contribution < 1.29 is 23.8 Å². The molecule has 1 saturated heterocycles. The van der Waals surface area contributed by atoms with Crippen molar-refractivity contribution in [2.24, 2.45) is 5.92 Å². The summed E-state index contributed by atoms with van der Waals surface area (Å²) in [6.07, 6.45) is 4.26. The molecule has 4 rings (SSSR count). The molecule has 1 saturated carbocycles. The topological polar surface area (TPSA) is 77.1 Å². The van der Waals surface area contributed by atoms with E-state index in [1.165, 1.54) is 0 Å². The summed E-state index contributed by atoms with van der Waals surface area (Å²) >= 11 is 1.62. The van der Waals surface area contributed by atoms with Gasteiger partial charge < -0.3 is 24.4 Å². The highest BCUT2D eigenvalue weighted by atomic mass is 32.2. The Kier molecular flexibility index (Phi) is 7.90. The summed E-state index contributed by atoms with van der Waals surface area (Å²) in [4.78, 5) is 28.7. The standard InChI is InChI=1S/C27H32N2O5S/c1-29-20-15-18(26(30)28-16-19-7-5-6-8-21(19)32-2)10-12-24(20)35-25(27(29)31)14-17-9-11-22(33-3)23(13-17)34-4/h5-9,11,13-14,18,20,24H,10,12,15-16H2,1-4H3,(H,28,30)/b25-14-. The third kappa shape index (κ3) is 5.42. The number of carbonyl (C=O) groups excluding carboxylic acids is 2. The number of fused-ring (bicyclic) bond motifs is 1. The molecule has 2 aliphatic rings. The Morgan fingerprint density at radius 2 is 1.80 bits per heavy atom. The molecule has 2 aromatic rings. The molecule has 1 aliphatic carbocycles. The average Bonchev–Trinajstić information content (AvgIpc) is 2.90. The molecule has 3 unspecified atom stereocenters. The van der Waals surface area contributed by atoms with Crippen molar-refractivity contribution in [3.8, 4) is 17.2 Å². The van der Waals surface area contributed by atoms with Crippen molar-refractivity contribution in [2.45, 2.75) is 37.1 Å². The molecule has 0 spiro atoms. The van der Waals surface area contributed by atoms with Crippen LogP contribution >= 0.6 is 11.8 Å². The van der Waals surface area contributed by atoms with E-state index in [0.717, 1.165) is 29.7 Å². The van der Waals surface area contributed by atoms with Gasteiger partial charge in [-0.2, -0.15) is 0 Å². The van der Waals surface area contributed by atoms with Gasteiger partial charge in [-0.3, -0.25) is 9.59 Å². The third-order valence-electron chi connectivity index (χ3n) is 6.78. The first-order chi connectivity index (χ1) is 16.9. The van der Waals surface area contributed by atoms with Crippen molar-refractivity contribution in [3.05, 3.63) is 58.5 Å². The van der Waals surface area contributed by atoms with Crippen LogP contribution in [-0.2, 0) is 16.1 Å². The molecule has 35 heavy (non-hydrogen) atoms. The van der Waals surface area contributed by atoms with E-state index in [4.69, 9.17) is 14.2 Å². The number of benzene rings is 2. The van der Waals surface area contributed by atoms with Gasteiger partial charge in [0.15, 0.2) is 11.5 Å². The second kappa shape index (κ2) is 11.1. The molecular weight excluding hydrogens is 464 g/mol. The van der Waals surface area contributed by atoms with E-state index < -0.39 is 0 Å². The van der Waals surface area contributed by atoms with Crippen LogP contribution in [0.2, 0.25) is 0 Å². The largest absolute Gasteiger partial charge is 0.496 e. The Labute approximate surface area is 210 Å². The fourth-order valence-electron chi connectivity index (χ4n) is 4.81. The first-order valence-electron chi connectivity index (χ1n) is 11.7. The molecule has 0 radical (unpaired) electrons. The van der Waals surface area contributed by atoms with Gasteiger partial charge in [-0.25, -0.2) is 0 Å². The fourth-order valence-corrected chi connectivity index (χ4v) is 6.29. The van der Waals surface area contributed by atoms with Crippen LogP contribution in [0.25, 0.3) is 6.08 Å². The SMILES string of the molecule is COc1ccccc1CNC(=O)C1CCC2S/C(=C\c3ccc(OC)c(OC)c3)C(=O)N(C)C2C1. The highest BCUT2D eigenvalue weighted by molar-refractivity contribution is 8.04. The van der Waals surface area contributed by atoms with E-state index in [-0.39, 0.29) is 29.0 Å². The van der Waals surface area contributed by atoms with Crippen molar-refractivity contribution in [1.82, 2.24) is 10.2 Å². The molecule has 1 aliphatic heterocycles. The van der Waals surface area contributed by atoms with Crippen LogP contribution < -0.4 is 19.5 Å². The third-order valence-corrected chi connectivity index (χ3v) is 8.18. The maximum atomic E-state index is 13.2. The number of para-hydroxylation sites is 1. The normalized spacial score (nSPS) is 23.0. The number of likely N-dealkylation sites (N-methyl/N-ethyl adjacent to an activating group) is 1. The summed E-state index contributed by atoms with van der Waals surface area (Å²) in [6.45, 7) is 0.426.